The lowest BCUT2D eigenvalue weighted by molar-refractivity contribution is -0.124. The van der Waals surface area contributed by atoms with E-state index in [4.69, 9.17) is 0 Å². The number of amides is 2. The number of benzene rings is 1. The van der Waals surface area contributed by atoms with Gasteiger partial charge in [-0.2, -0.15) is 0 Å². The summed E-state index contributed by atoms with van der Waals surface area (Å²) in [5.41, 5.74) is 5.55. The van der Waals surface area contributed by atoms with E-state index in [1.165, 1.54) is 16.7 Å². The van der Waals surface area contributed by atoms with Crippen LogP contribution in [-0.4, -0.2) is 35.3 Å². The molecule has 2 aliphatic rings. The number of fused-ring (bicyclic) bond motifs is 2. The molecule has 29 heavy (non-hydrogen) atoms. The molecule has 5 heteroatoms. The lowest BCUT2D eigenvalue weighted by Gasteiger charge is -2.17. The number of allylic oxidation sites excluding steroid dienone is 1. The Morgan fingerprint density at radius 2 is 2.07 bits per heavy atom. The van der Waals surface area contributed by atoms with Gasteiger partial charge in [0.25, 0.3) is 0 Å². The fourth-order valence-electron chi connectivity index (χ4n) is 4.04. The smallest absolute Gasteiger partial charge is 0.246 e. The van der Waals surface area contributed by atoms with Crippen LogP contribution in [0.25, 0.3) is 11.6 Å². The van der Waals surface area contributed by atoms with E-state index in [1.54, 1.807) is 23.2 Å². The highest BCUT2D eigenvalue weighted by Gasteiger charge is 2.29. The average molecular weight is 387 g/mol. The lowest BCUT2D eigenvalue weighted by atomic mass is 9.87. The van der Waals surface area contributed by atoms with E-state index in [9.17, 15) is 9.59 Å². The highest BCUT2D eigenvalue weighted by molar-refractivity contribution is 5.94. The molecular formula is C24H25N3O2. The van der Waals surface area contributed by atoms with Crippen LogP contribution in [0.5, 0.6) is 0 Å². The van der Waals surface area contributed by atoms with E-state index in [-0.39, 0.29) is 17.2 Å². The first kappa shape index (κ1) is 19.1. The maximum absolute atomic E-state index is 12.6. The SMILES string of the molecule is CN(CC1=CC(C)(C)c2ccccc21)C(=O)C=Cc1cnc2c(c1)CCC(=O)N2. The number of carbonyl (C=O) groups excluding carboxylic acids is 2. The van der Waals surface area contributed by atoms with E-state index in [1.807, 2.05) is 19.2 Å². The van der Waals surface area contributed by atoms with Crippen LogP contribution in [0.15, 0.2) is 48.7 Å². The lowest BCUT2D eigenvalue weighted by Crippen LogP contribution is -2.26. The van der Waals surface area contributed by atoms with Gasteiger partial charge in [0.15, 0.2) is 0 Å². The predicted molar refractivity (Wildman–Crippen MR) is 115 cm³/mol. The number of hydrogen-bond acceptors (Lipinski definition) is 3. The highest BCUT2D eigenvalue weighted by Crippen LogP contribution is 2.40. The molecule has 1 aromatic carbocycles. The number of rotatable bonds is 4. The molecule has 0 bridgehead atoms. The molecule has 5 nitrogen and oxygen atoms in total. The summed E-state index contributed by atoms with van der Waals surface area (Å²) in [5, 5.41) is 2.77. The first-order valence-electron chi connectivity index (χ1n) is 9.87. The zero-order valence-electron chi connectivity index (χ0n) is 17.0. The second kappa shape index (κ2) is 7.32. The molecule has 0 spiro atoms. The van der Waals surface area contributed by atoms with Gasteiger partial charge < -0.3 is 10.2 Å². The first-order valence-corrected chi connectivity index (χ1v) is 9.87. The number of pyridine rings is 1. The predicted octanol–water partition coefficient (Wildman–Crippen LogP) is 3.81. The molecule has 2 heterocycles. The number of carbonyl (C=O) groups is 2. The van der Waals surface area contributed by atoms with Crippen molar-refractivity contribution in [2.75, 3.05) is 18.9 Å². The van der Waals surface area contributed by atoms with E-state index in [0.717, 1.165) is 11.1 Å². The number of likely N-dealkylation sites (N-methyl/N-ethyl adjacent to an activating group) is 1. The van der Waals surface area contributed by atoms with Gasteiger partial charge in [0.1, 0.15) is 5.82 Å². The Kier molecular flexibility index (Phi) is 4.82. The molecule has 0 atom stereocenters. The van der Waals surface area contributed by atoms with Crippen LogP contribution in [0.1, 0.15) is 42.5 Å². The summed E-state index contributed by atoms with van der Waals surface area (Å²) in [6.45, 7) is 4.97. The number of nitrogens with zero attached hydrogens (tertiary/aromatic N) is 2. The van der Waals surface area contributed by atoms with Gasteiger partial charge in [-0.1, -0.05) is 44.2 Å². The molecule has 1 aliphatic heterocycles. The van der Waals surface area contributed by atoms with Gasteiger partial charge in [-0.3, -0.25) is 9.59 Å². The average Bonchev–Trinajstić information content (AvgIpc) is 2.96. The van der Waals surface area contributed by atoms with Gasteiger partial charge in [0, 0.05) is 37.7 Å². The van der Waals surface area contributed by atoms with Gasteiger partial charge in [0.2, 0.25) is 11.8 Å². The molecular weight excluding hydrogens is 362 g/mol. The van der Waals surface area contributed by atoms with E-state index >= 15 is 0 Å². The normalized spacial score (nSPS) is 16.8. The third-order valence-electron chi connectivity index (χ3n) is 5.57. The van der Waals surface area contributed by atoms with E-state index in [0.29, 0.717) is 25.2 Å². The molecule has 1 N–H and O–H groups in total. The largest absolute Gasteiger partial charge is 0.338 e. The minimum Gasteiger partial charge on any atom is -0.338 e. The van der Waals surface area contributed by atoms with Crippen molar-refractivity contribution >= 4 is 29.3 Å². The van der Waals surface area contributed by atoms with Crippen molar-refractivity contribution < 1.29 is 9.59 Å². The Hall–Kier alpha value is -3.21. The monoisotopic (exact) mass is 387 g/mol. The topological polar surface area (TPSA) is 62.3 Å². The highest BCUT2D eigenvalue weighted by atomic mass is 16.2. The van der Waals surface area contributed by atoms with Crippen molar-refractivity contribution in [3.8, 4) is 0 Å². The zero-order valence-corrected chi connectivity index (χ0v) is 17.0. The van der Waals surface area contributed by atoms with Crippen molar-refractivity contribution in [2.24, 2.45) is 0 Å². The summed E-state index contributed by atoms with van der Waals surface area (Å²) in [4.78, 5) is 30.1. The summed E-state index contributed by atoms with van der Waals surface area (Å²) in [7, 11) is 1.82. The Bertz CT molecular complexity index is 1050. The summed E-state index contributed by atoms with van der Waals surface area (Å²) in [5.74, 6) is 0.562. The van der Waals surface area contributed by atoms with Crippen molar-refractivity contribution in [2.45, 2.75) is 32.1 Å². The molecule has 1 aliphatic carbocycles. The van der Waals surface area contributed by atoms with Crippen LogP contribution in [0.2, 0.25) is 0 Å². The van der Waals surface area contributed by atoms with Gasteiger partial charge in [-0.25, -0.2) is 4.98 Å². The minimum absolute atomic E-state index is 0.00365. The third kappa shape index (κ3) is 3.86. The third-order valence-corrected chi connectivity index (χ3v) is 5.57. The molecule has 0 saturated carbocycles. The number of hydrogen-bond donors (Lipinski definition) is 1. The van der Waals surface area contributed by atoms with E-state index in [2.05, 4.69) is 48.4 Å². The number of anilines is 1. The Balaban J connectivity index is 1.45. The molecule has 0 fully saturated rings. The summed E-state index contributed by atoms with van der Waals surface area (Å²) in [6.07, 6.45) is 8.43. The maximum atomic E-state index is 12.6. The van der Waals surface area contributed by atoms with Crippen LogP contribution < -0.4 is 5.32 Å². The molecule has 2 amide bonds. The van der Waals surface area contributed by atoms with Gasteiger partial charge in [0.05, 0.1) is 0 Å². The van der Waals surface area contributed by atoms with Gasteiger partial charge in [-0.05, 0) is 46.4 Å². The van der Waals surface area contributed by atoms with Crippen LogP contribution in [-0.2, 0) is 21.4 Å². The first-order chi connectivity index (χ1) is 13.8. The van der Waals surface area contributed by atoms with Crippen LogP contribution in [0, 0.1) is 0 Å². The fourth-order valence-corrected chi connectivity index (χ4v) is 4.04. The molecule has 1 aromatic heterocycles. The minimum atomic E-state index is -0.0564. The van der Waals surface area contributed by atoms with Crippen molar-refractivity contribution in [1.82, 2.24) is 9.88 Å². The van der Waals surface area contributed by atoms with Gasteiger partial charge >= 0.3 is 0 Å². The summed E-state index contributed by atoms with van der Waals surface area (Å²) in [6, 6.07) is 10.4. The second-order valence-corrected chi connectivity index (χ2v) is 8.29. The van der Waals surface area contributed by atoms with Crippen LogP contribution >= 0.6 is 0 Å². The number of aryl methyl sites for hydroxylation is 1. The van der Waals surface area contributed by atoms with Crippen molar-refractivity contribution in [3.05, 3.63) is 70.9 Å². The molecule has 0 unspecified atom stereocenters. The molecule has 148 valence electrons. The zero-order chi connectivity index (χ0) is 20.6. The Labute approximate surface area is 171 Å². The standard InChI is InChI=1S/C24H25N3O2/c1-24(2)13-18(19-6-4-5-7-20(19)24)15-27(3)22(29)11-8-16-12-17-9-10-21(28)26-23(17)25-14-16/h4-8,11-14H,9-10,15H2,1-3H3,(H,25,26,28). The van der Waals surface area contributed by atoms with Gasteiger partial charge in [-0.15, -0.1) is 0 Å². The molecule has 0 radical (unpaired) electrons. The van der Waals surface area contributed by atoms with E-state index < -0.39 is 0 Å². The van der Waals surface area contributed by atoms with Crippen LogP contribution in [0.3, 0.4) is 0 Å². The van der Waals surface area contributed by atoms with Crippen molar-refractivity contribution in [1.29, 1.82) is 0 Å². The quantitative estimate of drug-likeness (QED) is 0.812. The fraction of sp³-hybridized carbons (Fsp3) is 0.292. The van der Waals surface area contributed by atoms with Crippen LogP contribution in [0.4, 0.5) is 5.82 Å². The summed E-state index contributed by atoms with van der Waals surface area (Å²) < 4.78 is 0. The Morgan fingerprint density at radius 1 is 1.28 bits per heavy atom. The molecule has 0 saturated heterocycles. The molecule has 2 aromatic rings. The molecule has 4 rings (SSSR count). The second-order valence-electron chi connectivity index (χ2n) is 8.29. The Morgan fingerprint density at radius 3 is 2.90 bits per heavy atom. The number of nitrogens with one attached hydrogen (secondary N) is 1. The van der Waals surface area contributed by atoms with Crippen molar-refractivity contribution in [3.63, 3.8) is 0 Å². The number of aromatic nitrogens is 1. The summed E-state index contributed by atoms with van der Waals surface area (Å²) >= 11 is 0. The maximum Gasteiger partial charge on any atom is 0.246 e.